The summed E-state index contributed by atoms with van der Waals surface area (Å²) in [5.74, 6) is 1.63. The number of ether oxygens (including phenoxy) is 2. The molecule has 0 unspecified atom stereocenters. The van der Waals surface area contributed by atoms with E-state index in [1.165, 1.54) is 0 Å². The van der Waals surface area contributed by atoms with Crippen molar-refractivity contribution in [1.29, 1.82) is 0 Å². The number of benzene rings is 1. The fourth-order valence-electron chi connectivity index (χ4n) is 4.55. The molecule has 2 aliphatic rings. The maximum Gasteiger partial charge on any atom is 0.238 e. The van der Waals surface area contributed by atoms with Gasteiger partial charge in [0.15, 0.2) is 0 Å². The van der Waals surface area contributed by atoms with Crippen LogP contribution in [0.5, 0.6) is 11.5 Å². The summed E-state index contributed by atoms with van der Waals surface area (Å²) in [6.07, 6.45) is 2.16. The Morgan fingerprint density at radius 3 is 2.32 bits per heavy atom. The van der Waals surface area contributed by atoms with Crippen molar-refractivity contribution in [3.05, 3.63) is 24.3 Å². The van der Waals surface area contributed by atoms with Crippen molar-refractivity contribution >= 4 is 27.9 Å². The summed E-state index contributed by atoms with van der Waals surface area (Å²) in [7, 11) is 7.70. The van der Waals surface area contributed by atoms with Crippen molar-refractivity contribution in [2.75, 3.05) is 84.3 Å². The van der Waals surface area contributed by atoms with Crippen LogP contribution in [0.15, 0.2) is 24.3 Å². The molecule has 4 rings (SSSR count). The van der Waals surface area contributed by atoms with E-state index in [9.17, 15) is 4.79 Å². The Labute approximate surface area is 206 Å². The van der Waals surface area contributed by atoms with Gasteiger partial charge in [0.2, 0.25) is 5.91 Å². The number of likely N-dealkylation sites (N-methyl/N-ethyl adjacent to an activating group) is 1. The number of thiophene rings is 1. The zero-order chi connectivity index (χ0) is 24.1. The normalized spacial score (nSPS) is 18.2. The van der Waals surface area contributed by atoms with Crippen LogP contribution in [-0.4, -0.2) is 95.9 Å². The Morgan fingerprint density at radius 1 is 0.971 bits per heavy atom. The Morgan fingerprint density at radius 2 is 1.65 bits per heavy atom. The molecule has 1 amide bonds. The fraction of sp³-hybridized carbons (Fsp3) is 0.560. The molecule has 186 valence electrons. The van der Waals surface area contributed by atoms with E-state index in [1.807, 2.05) is 18.2 Å². The molecule has 9 heteroatoms. The van der Waals surface area contributed by atoms with E-state index in [1.54, 1.807) is 25.6 Å². The average molecular weight is 488 g/mol. The molecule has 1 aromatic heterocycles. The molecule has 2 N–H and O–H groups in total. The number of rotatable bonds is 8. The van der Waals surface area contributed by atoms with Crippen molar-refractivity contribution in [3.8, 4) is 21.9 Å². The quantitative estimate of drug-likeness (QED) is 0.593. The molecular weight excluding hydrogens is 450 g/mol. The summed E-state index contributed by atoms with van der Waals surface area (Å²) in [5, 5.41) is 7.26. The first-order chi connectivity index (χ1) is 16.5. The maximum absolute atomic E-state index is 12.5. The van der Waals surface area contributed by atoms with Crippen molar-refractivity contribution in [2.45, 2.75) is 18.9 Å². The summed E-state index contributed by atoms with van der Waals surface area (Å²) in [6, 6.07) is 8.51. The largest absolute Gasteiger partial charge is 0.496 e. The fourth-order valence-corrected chi connectivity index (χ4v) is 5.49. The van der Waals surface area contributed by atoms with E-state index in [4.69, 9.17) is 9.47 Å². The second-order valence-corrected chi connectivity index (χ2v) is 10.3. The highest BCUT2D eigenvalue weighted by Crippen LogP contribution is 2.43. The van der Waals surface area contributed by atoms with Gasteiger partial charge in [-0.3, -0.25) is 4.79 Å². The predicted molar refractivity (Wildman–Crippen MR) is 140 cm³/mol. The number of nitrogens with zero attached hydrogens (tertiary/aromatic N) is 3. The van der Waals surface area contributed by atoms with Crippen molar-refractivity contribution in [3.63, 3.8) is 0 Å². The molecule has 8 nitrogen and oxygen atoms in total. The number of piperazine rings is 1. The number of likely N-dealkylation sites (tertiary alicyclic amines) is 1. The Bertz CT molecular complexity index is 965. The molecule has 0 spiro atoms. The van der Waals surface area contributed by atoms with E-state index >= 15 is 0 Å². The van der Waals surface area contributed by atoms with Gasteiger partial charge in [-0.15, -0.1) is 11.3 Å². The number of piperidine rings is 1. The smallest absolute Gasteiger partial charge is 0.238 e. The molecular formula is C25H37N5O3S. The van der Waals surface area contributed by atoms with Crippen molar-refractivity contribution in [2.24, 2.45) is 0 Å². The average Bonchev–Trinajstić information content (AvgIpc) is 3.31. The number of anilines is 2. The van der Waals surface area contributed by atoms with Crippen LogP contribution in [0.3, 0.4) is 0 Å². The highest BCUT2D eigenvalue weighted by atomic mass is 32.1. The minimum Gasteiger partial charge on any atom is -0.496 e. The highest BCUT2D eigenvalue weighted by Gasteiger charge is 2.22. The standard InChI is InChI=1S/C25H37N5O3S/c1-28-9-7-18(8-10-28)26-17-24(31)27-25-6-5-23(34-25)19-15-22(33-4)20(16-21(19)32-3)30-13-11-29(2)12-14-30/h5-6,15-16,18,26H,7-14,17H2,1-4H3,(H,27,31). The van der Waals surface area contributed by atoms with Crippen molar-refractivity contribution < 1.29 is 14.3 Å². The molecule has 3 heterocycles. The predicted octanol–water partition coefficient (Wildman–Crippen LogP) is 2.81. The van der Waals surface area contributed by atoms with Crippen LogP contribution in [0.2, 0.25) is 0 Å². The maximum atomic E-state index is 12.5. The number of amides is 1. The van der Waals surface area contributed by atoms with Crippen LogP contribution >= 0.6 is 11.3 Å². The van der Waals surface area contributed by atoms with Gasteiger partial charge in [0.1, 0.15) is 11.5 Å². The number of nitrogens with one attached hydrogen (secondary N) is 2. The van der Waals surface area contributed by atoms with E-state index in [0.717, 1.165) is 84.7 Å². The zero-order valence-electron chi connectivity index (χ0n) is 20.7. The molecule has 2 fully saturated rings. The highest BCUT2D eigenvalue weighted by molar-refractivity contribution is 7.19. The van der Waals surface area contributed by atoms with Gasteiger partial charge in [-0.1, -0.05) is 0 Å². The van der Waals surface area contributed by atoms with Gasteiger partial charge in [0.05, 0.1) is 31.5 Å². The Balaban J connectivity index is 1.43. The number of methoxy groups -OCH3 is 2. The van der Waals surface area contributed by atoms with Crippen LogP contribution in [0, 0.1) is 0 Å². The lowest BCUT2D eigenvalue weighted by molar-refractivity contribution is -0.115. The third kappa shape index (κ3) is 6.02. The van der Waals surface area contributed by atoms with Gasteiger partial charge in [-0.05, 0) is 58.2 Å². The van der Waals surface area contributed by atoms with Crippen LogP contribution in [0.25, 0.3) is 10.4 Å². The van der Waals surface area contributed by atoms with E-state index in [2.05, 4.69) is 45.5 Å². The lowest BCUT2D eigenvalue weighted by Crippen LogP contribution is -2.44. The minimum absolute atomic E-state index is 0.0118. The molecule has 0 atom stereocenters. The van der Waals surface area contributed by atoms with Crippen LogP contribution < -0.4 is 25.0 Å². The summed E-state index contributed by atoms with van der Waals surface area (Å²) in [6.45, 7) is 6.44. The first-order valence-electron chi connectivity index (χ1n) is 12.0. The number of hydrogen-bond acceptors (Lipinski definition) is 8. The molecule has 2 aliphatic heterocycles. The summed E-state index contributed by atoms with van der Waals surface area (Å²) in [5.41, 5.74) is 2.02. The Kier molecular flexibility index (Phi) is 8.31. The second-order valence-electron chi connectivity index (χ2n) is 9.19. The number of carbonyl (C=O) groups excluding carboxylic acids is 1. The molecule has 0 radical (unpaired) electrons. The molecule has 2 aromatic rings. The summed E-state index contributed by atoms with van der Waals surface area (Å²) < 4.78 is 11.5. The molecule has 2 saturated heterocycles. The molecule has 0 aliphatic carbocycles. The number of hydrogen-bond donors (Lipinski definition) is 2. The Hall–Kier alpha value is -2.33. The van der Waals surface area contributed by atoms with E-state index in [0.29, 0.717) is 12.6 Å². The lowest BCUT2D eigenvalue weighted by atomic mass is 10.1. The van der Waals surface area contributed by atoms with Crippen LogP contribution in [0.1, 0.15) is 12.8 Å². The van der Waals surface area contributed by atoms with Gasteiger partial charge in [-0.2, -0.15) is 0 Å². The van der Waals surface area contributed by atoms with Crippen LogP contribution in [0.4, 0.5) is 10.7 Å². The monoisotopic (exact) mass is 487 g/mol. The van der Waals surface area contributed by atoms with Crippen molar-refractivity contribution in [1.82, 2.24) is 15.1 Å². The van der Waals surface area contributed by atoms with Gasteiger partial charge in [-0.25, -0.2) is 0 Å². The number of carbonyl (C=O) groups is 1. The first-order valence-corrected chi connectivity index (χ1v) is 12.8. The second kappa shape index (κ2) is 11.4. The topological polar surface area (TPSA) is 69.3 Å². The molecule has 0 bridgehead atoms. The molecule has 1 aromatic carbocycles. The van der Waals surface area contributed by atoms with Gasteiger partial charge >= 0.3 is 0 Å². The molecule has 0 saturated carbocycles. The summed E-state index contributed by atoms with van der Waals surface area (Å²) >= 11 is 1.54. The van der Waals surface area contributed by atoms with Gasteiger partial charge < -0.3 is 34.8 Å². The minimum atomic E-state index is -0.0118. The van der Waals surface area contributed by atoms with E-state index in [-0.39, 0.29) is 5.91 Å². The third-order valence-corrected chi connectivity index (χ3v) is 7.78. The van der Waals surface area contributed by atoms with E-state index < -0.39 is 0 Å². The van der Waals surface area contributed by atoms with Gasteiger partial charge in [0, 0.05) is 48.7 Å². The molecule has 34 heavy (non-hydrogen) atoms. The first kappa shape index (κ1) is 24.8. The SMILES string of the molecule is COc1cc(N2CCN(C)CC2)c(OC)cc1-c1ccc(NC(=O)CNC2CCN(C)CC2)s1. The van der Waals surface area contributed by atoms with Gasteiger partial charge in [0.25, 0.3) is 0 Å². The summed E-state index contributed by atoms with van der Waals surface area (Å²) in [4.78, 5) is 20.5. The third-order valence-electron chi connectivity index (χ3n) is 6.75. The zero-order valence-corrected chi connectivity index (χ0v) is 21.5. The lowest BCUT2D eigenvalue weighted by Gasteiger charge is -2.35. The van der Waals surface area contributed by atoms with Crippen LogP contribution in [-0.2, 0) is 4.79 Å².